The summed E-state index contributed by atoms with van der Waals surface area (Å²) in [5.41, 5.74) is 0.758. The van der Waals surface area contributed by atoms with Crippen molar-refractivity contribution in [3.05, 3.63) is 57.4 Å². The second-order valence-corrected chi connectivity index (χ2v) is 11.5. The van der Waals surface area contributed by atoms with Crippen LogP contribution in [0, 0.1) is 11.8 Å². The minimum absolute atomic E-state index is 0.0675. The Balaban J connectivity index is 1.61. The van der Waals surface area contributed by atoms with E-state index in [4.69, 9.17) is 10.2 Å². The fourth-order valence-corrected chi connectivity index (χ4v) is 6.54. The van der Waals surface area contributed by atoms with Gasteiger partial charge in [-0.05, 0) is 44.5 Å². The van der Waals surface area contributed by atoms with Crippen molar-refractivity contribution in [2.45, 2.75) is 37.2 Å². The van der Waals surface area contributed by atoms with Gasteiger partial charge in [0.25, 0.3) is 11.9 Å². The number of alkyl halides is 3. The van der Waals surface area contributed by atoms with Crippen molar-refractivity contribution in [3.63, 3.8) is 0 Å². The number of halogens is 3. The minimum atomic E-state index is -4.74. The topological polar surface area (TPSA) is 203 Å². The summed E-state index contributed by atoms with van der Waals surface area (Å²) in [6.07, 6.45) is -4.32. The van der Waals surface area contributed by atoms with Crippen LogP contribution in [-0.4, -0.2) is 87.6 Å². The van der Waals surface area contributed by atoms with Crippen molar-refractivity contribution in [2.75, 3.05) is 38.4 Å². The number of hydrogen-bond donors (Lipinski definition) is 6. The summed E-state index contributed by atoms with van der Waals surface area (Å²) in [4.78, 5) is 46.1. The van der Waals surface area contributed by atoms with Crippen molar-refractivity contribution in [3.8, 4) is 5.75 Å². The molecular weight excluding hydrogens is 591 g/mol. The van der Waals surface area contributed by atoms with Gasteiger partial charge in [0.2, 0.25) is 5.78 Å². The number of aromatic hydroxyl groups is 1. The Morgan fingerprint density at radius 2 is 1.86 bits per heavy atom. The molecule has 1 amide bonds. The molecule has 4 atom stereocenters. The summed E-state index contributed by atoms with van der Waals surface area (Å²) in [5.74, 6) is -7.74. The number of aliphatic hydroxyl groups is 3. The van der Waals surface area contributed by atoms with E-state index in [9.17, 15) is 48.0 Å². The number of carbonyl (C=O) groups excluding carboxylic acids is 3. The highest BCUT2D eigenvalue weighted by Gasteiger charge is 2.63. The van der Waals surface area contributed by atoms with Crippen LogP contribution >= 0.6 is 0 Å². The molecule has 0 saturated carbocycles. The van der Waals surface area contributed by atoms with Gasteiger partial charge < -0.3 is 40.8 Å². The third-order valence-electron chi connectivity index (χ3n) is 8.48. The first kappa shape index (κ1) is 30.9. The first-order valence-electron chi connectivity index (χ1n) is 13.4. The minimum Gasteiger partial charge on any atom is -0.510 e. The van der Waals surface area contributed by atoms with Gasteiger partial charge in [-0.1, -0.05) is 0 Å². The van der Waals surface area contributed by atoms with Crippen LogP contribution in [0.2, 0.25) is 0 Å². The summed E-state index contributed by atoms with van der Waals surface area (Å²) in [7, 11) is 6.42. The van der Waals surface area contributed by atoms with Gasteiger partial charge in [-0.15, -0.1) is 0 Å². The number of amides is 1. The number of benzene rings is 1. The van der Waals surface area contributed by atoms with E-state index >= 15 is 0 Å². The number of nitrogens with zero attached hydrogens (tertiary/aromatic N) is 3. The van der Waals surface area contributed by atoms with Gasteiger partial charge in [-0.25, -0.2) is 0 Å². The number of aliphatic hydroxyl groups excluding tert-OH is 2. The largest absolute Gasteiger partial charge is 0.510 e. The molecule has 0 bridgehead atoms. The third-order valence-corrected chi connectivity index (χ3v) is 8.48. The zero-order valence-corrected chi connectivity index (χ0v) is 24.0. The Hall–Kier alpha value is -4.57. The van der Waals surface area contributed by atoms with E-state index in [1.54, 1.807) is 19.0 Å². The lowest BCUT2D eigenvalue weighted by molar-refractivity contribution is -0.148. The number of primary amides is 1. The molecular formula is C28H30F3N5O8. The van der Waals surface area contributed by atoms with Crippen LogP contribution in [0.5, 0.6) is 5.75 Å². The van der Waals surface area contributed by atoms with Gasteiger partial charge in [0.15, 0.2) is 17.1 Å². The average Bonchev–Trinajstić information content (AvgIpc) is 3.39. The number of nitrogens with two attached hydrogens (primary N) is 1. The molecule has 1 unspecified atom stereocenters. The normalized spacial score (nSPS) is 25.2. The first-order chi connectivity index (χ1) is 20.4. The number of phenolic OH excluding ortho intramolecular Hbond substituents is 1. The number of Topliss-reactive ketones (excluding diaryl/α,β-unsaturated/α-hetero) is 2. The number of anilines is 2. The van der Waals surface area contributed by atoms with E-state index in [0.29, 0.717) is 17.5 Å². The number of ketones is 2. The zero-order valence-electron chi connectivity index (χ0n) is 24.0. The molecule has 7 N–H and O–H groups in total. The van der Waals surface area contributed by atoms with Crippen molar-refractivity contribution < 1.29 is 52.4 Å². The molecule has 0 aliphatic heterocycles. The fraction of sp³-hybridized carbons (Fsp3) is 0.429. The lowest BCUT2D eigenvalue weighted by Crippen LogP contribution is -2.63. The van der Waals surface area contributed by atoms with E-state index < -0.39 is 81.7 Å². The van der Waals surface area contributed by atoms with Crippen molar-refractivity contribution in [2.24, 2.45) is 17.6 Å². The number of nitrogens with one attached hydrogen (secondary N) is 1. The molecule has 3 aliphatic rings. The van der Waals surface area contributed by atoms with E-state index in [1.165, 1.54) is 25.1 Å². The lowest BCUT2D eigenvalue weighted by Gasteiger charge is -2.50. The molecule has 13 nitrogen and oxygen atoms in total. The molecule has 0 radical (unpaired) electrons. The van der Waals surface area contributed by atoms with Crippen molar-refractivity contribution >= 4 is 29.2 Å². The number of fused-ring (bicyclic) bond motifs is 3. The van der Waals surface area contributed by atoms with Gasteiger partial charge in [0.1, 0.15) is 29.1 Å². The van der Waals surface area contributed by atoms with Crippen LogP contribution in [0.3, 0.4) is 0 Å². The van der Waals surface area contributed by atoms with E-state index in [0.717, 1.165) is 0 Å². The number of likely N-dealkylation sites (N-methyl/N-ethyl adjacent to an activating group) is 1. The third kappa shape index (κ3) is 4.47. The molecule has 0 fully saturated rings. The van der Waals surface area contributed by atoms with Crippen LogP contribution in [0.4, 0.5) is 24.9 Å². The number of allylic oxidation sites excluding steroid dienone is 1. The fourth-order valence-electron chi connectivity index (χ4n) is 6.54. The Morgan fingerprint density at radius 3 is 2.41 bits per heavy atom. The van der Waals surface area contributed by atoms with E-state index in [1.807, 2.05) is 0 Å². The van der Waals surface area contributed by atoms with Crippen molar-refractivity contribution in [1.29, 1.82) is 0 Å². The van der Waals surface area contributed by atoms with Crippen LogP contribution in [-0.2, 0) is 28.7 Å². The van der Waals surface area contributed by atoms with Crippen LogP contribution in [0.1, 0.15) is 33.6 Å². The molecule has 2 aromatic rings. The summed E-state index contributed by atoms with van der Waals surface area (Å²) in [6.45, 7) is -0.319. The monoisotopic (exact) mass is 621 g/mol. The number of phenols is 1. The second kappa shape index (κ2) is 10.3. The van der Waals surface area contributed by atoms with E-state index in [2.05, 4.69) is 10.3 Å². The maximum absolute atomic E-state index is 14.1. The number of rotatable bonds is 6. The van der Waals surface area contributed by atoms with Crippen LogP contribution in [0.15, 0.2) is 39.4 Å². The molecule has 1 aromatic carbocycles. The standard InChI is InChI=1S/C28H30F3N5O8/c1-35(2)14-7-11(8-33-26-34-15(9-44-26)28(29,30)31)20(37)17-12(14)5-10-6-13-19(36(3)4)22(39)18(25(32)42)24(41)27(13,43)23(40)16(10)21(17)38/h7,9-10,13,19,37,39-40,43H,5-6,8H2,1-4H3,(H2,32,42)(H,33,34)/t10-,13+,19?,27-/m1/s1. The van der Waals surface area contributed by atoms with Gasteiger partial charge in [0, 0.05) is 43.4 Å². The highest BCUT2D eigenvalue weighted by Crippen LogP contribution is 2.53. The number of aromatic nitrogens is 1. The molecule has 236 valence electrons. The Labute approximate surface area is 248 Å². The number of oxazole rings is 1. The Bertz CT molecular complexity index is 1660. The van der Waals surface area contributed by atoms with Crippen molar-refractivity contribution in [1.82, 2.24) is 9.88 Å². The Kier molecular flexibility index (Phi) is 7.20. The van der Waals surface area contributed by atoms with Gasteiger partial charge in [0.05, 0.1) is 11.6 Å². The molecule has 16 heteroatoms. The summed E-state index contributed by atoms with van der Waals surface area (Å²) >= 11 is 0. The maximum Gasteiger partial charge on any atom is 0.436 e. The average molecular weight is 622 g/mol. The molecule has 0 spiro atoms. The van der Waals surface area contributed by atoms with Crippen LogP contribution in [0.25, 0.3) is 0 Å². The molecule has 1 heterocycles. The predicted octanol–water partition coefficient (Wildman–Crippen LogP) is 1.81. The molecule has 1 aromatic heterocycles. The number of carbonyl (C=O) groups is 3. The quantitative estimate of drug-likeness (QED) is 0.256. The highest BCUT2D eigenvalue weighted by atomic mass is 19.4. The highest BCUT2D eigenvalue weighted by molar-refractivity contribution is 6.25. The van der Waals surface area contributed by atoms with Crippen LogP contribution < -0.4 is 16.0 Å². The Morgan fingerprint density at radius 1 is 1.20 bits per heavy atom. The summed E-state index contributed by atoms with van der Waals surface area (Å²) in [6, 6.07) is -0.0689. The lowest BCUT2D eigenvalue weighted by atomic mass is 9.58. The van der Waals surface area contributed by atoms with Gasteiger partial charge in [-0.2, -0.15) is 18.2 Å². The molecule has 5 rings (SSSR count). The summed E-state index contributed by atoms with van der Waals surface area (Å²) < 4.78 is 43.6. The predicted molar refractivity (Wildman–Crippen MR) is 147 cm³/mol. The smallest absolute Gasteiger partial charge is 0.436 e. The summed E-state index contributed by atoms with van der Waals surface area (Å²) in [5, 5.41) is 47.9. The molecule has 3 aliphatic carbocycles. The molecule has 44 heavy (non-hydrogen) atoms. The first-order valence-corrected chi connectivity index (χ1v) is 13.4. The second-order valence-electron chi connectivity index (χ2n) is 11.5. The van der Waals surface area contributed by atoms with Gasteiger partial charge in [-0.3, -0.25) is 19.3 Å². The zero-order chi connectivity index (χ0) is 32.6. The van der Waals surface area contributed by atoms with E-state index in [-0.39, 0.29) is 36.1 Å². The molecule has 0 saturated heterocycles. The van der Waals surface area contributed by atoms with Gasteiger partial charge >= 0.3 is 6.18 Å². The maximum atomic E-state index is 14.1. The number of hydrogen-bond acceptors (Lipinski definition) is 12. The SMILES string of the molecule is CN(C)c1cc(CNc2nc(C(F)(F)F)co2)c(O)c2c1C[C@@H]1C[C@H]3C(N(C)C)C(O)=C(C(N)=O)C(=O)[C@]3(O)C(O)=C1C2=O.